The highest BCUT2D eigenvalue weighted by Gasteiger charge is 1.79. The zero-order valence-electron chi connectivity index (χ0n) is 5.31. The summed E-state index contributed by atoms with van der Waals surface area (Å²) in [6.45, 7) is 4.19. The summed E-state index contributed by atoms with van der Waals surface area (Å²) in [7, 11) is 0. The van der Waals surface area contributed by atoms with Crippen LogP contribution in [-0.4, -0.2) is 11.0 Å². The molecule has 0 spiro atoms. The van der Waals surface area contributed by atoms with Crippen molar-refractivity contribution in [1.29, 1.82) is 0 Å². The molecular formula is C8H14Si. The molecule has 0 nitrogen and oxygen atoms in total. The molecule has 1 rings (SSSR count). The number of benzene rings is 1. The molecule has 0 fully saturated rings. The molecule has 0 saturated carbocycles. The fourth-order valence-corrected chi connectivity index (χ4v) is 0.637. The fourth-order valence-electron chi connectivity index (χ4n) is 0.637. The summed E-state index contributed by atoms with van der Waals surface area (Å²) >= 11 is 0. The molecule has 0 radical (unpaired) electrons. The first-order valence-corrected chi connectivity index (χ1v) is 2.82. The van der Waals surface area contributed by atoms with Crippen LogP contribution in [0.5, 0.6) is 0 Å². The SMILES string of the molecule is Cc1ccc(C)cc1.[SiH4]. The van der Waals surface area contributed by atoms with Gasteiger partial charge in [-0.2, -0.15) is 0 Å². The summed E-state index contributed by atoms with van der Waals surface area (Å²) in [5, 5.41) is 0. The molecule has 9 heavy (non-hydrogen) atoms. The predicted molar refractivity (Wildman–Crippen MR) is 47.3 cm³/mol. The second kappa shape index (κ2) is 3.46. The van der Waals surface area contributed by atoms with Gasteiger partial charge in [0.05, 0.1) is 0 Å². The summed E-state index contributed by atoms with van der Waals surface area (Å²) in [5.41, 5.74) is 2.66. The highest BCUT2D eigenvalue weighted by atomic mass is 28.1. The number of hydrogen-bond donors (Lipinski definition) is 0. The standard InChI is InChI=1S/C8H10.H4Si/c1-7-3-5-8(2)6-4-7;/h3-6H,1-2H3;1H4. The Morgan fingerprint density at radius 3 is 1.22 bits per heavy atom. The van der Waals surface area contributed by atoms with E-state index in [1.165, 1.54) is 11.1 Å². The second-order valence-corrected chi connectivity index (χ2v) is 2.15. The lowest BCUT2D eigenvalue weighted by molar-refractivity contribution is 1.40. The lowest BCUT2D eigenvalue weighted by Gasteiger charge is -1.90. The first-order chi connectivity index (χ1) is 3.79. The predicted octanol–water partition coefficient (Wildman–Crippen LogP) is 0.852. The Balaban J connectivity index is 0.000000640. The van der Waals surface area contributed by atoms with Crippen LogP contribution < -0.4 is 0 Å². The highest BCUT2D eigenvalue weighted by molar-refractivity contribution is 5.75. The van der Waals surface area contributed by atoms with Gasteiger partial charge in [0.1, 0.15) is 0 Å². The van der Waals surface area contributed by atoms with Crippen LogP contribution in [0.2, 0.25) is 0 Å². The lowest BCUT2D eigenvalue weighted by atomic mass is 10.2. The molecule has 0 saturated heterocycles. The minimum absolute atomic E-state index is 0. The van der Waals surface area contributed by atoms with Gasteiger partial charge >= 0.3 is 0 Å². The quantitative estimate of drug-likeness (QED) is 0.466. The van der Waals surface area contributed by atoms with Crippen molar-refractivity contribution in [2.45, 2.75) is 13.8 Å². The largest absolute Gasteiger partial charge is 0.0591 e. The molecule has 0 aliphatic heterocycles. The molecular weight excluding hydrogens is 124 g/mol. The Morgan fingerprint density at radius 2 is 1.00 bits per heavy atom. The maximum absolute atomic E-state index is 2.12. The number of aryl methyl sites for hydroxylation is 2. The number of rotatable bonds is 0. The normalized spacial score (nSPS) is 8.22. The van der Waals surface area contributed by atoms with E-state index in [1.807, 2.05) is 0 Å². The van der Waals surface area contributed by atoms with E-state index in [2.05, 4.69) is 38.1 Å². The van der Waals surface area contributed by atoms with E-state index >= 15 is 0 Å². The van der Waals surface area contributed by atoms with Crippen LogP contribution in [0.15, 0.2) is 24.3 Å². The topological polar surface area (TPSA) is 0 Å². The van der Waals surface area contributed by atoms with Gasteiger partial charge in [0, 0.05) is 0 Å². The molecule has 1 aromatic rings. The van der Waals surface area contributed by atoms with E-state index in [9.17, 15) is 0 Å². The van der Waals surface area contributed by atoms with Crippen LogP contribution in [0.3, 0.4) is 0 Å². The molecule has 0 bridgehead atoms. The molecule has 0 unspecified atom stereocenters. The molecule has 0 aliphatic carbocycles. The van der Waals surface area contributed by atoms with Gasteiger partial charge in [-0.25, -0.2) is 0 Å². The molecule has 0 amide bonds. The molecule has 0 atom stereocenters. The van der Waals surface area contributed by atoms with Gasteiger partial charge in [-0.15, -0.1) is 0 Å². The van der Waals surface area contributed by atoms with Crippen LogP contribution in [0.1, 0.15) is 11.1 Å². The number of hydrogen-bond acceptors (Lipinski definition) is 0. The molecule has 0 aliphatic rings. The van der Waals surface area contributed by atoms with Crippen molar-refractivity contribution in [3.05, 3.63) is 35.4 Å². The van der Waals surface area contributed by atoms with E-state index in [0.717, 1.165) is 0 Å². The maximum atomic E-state index is 2.12. The Morgan fingerprint density at radius 1 is 0.778 bits per heavy atom. The van der Waals surface area contributed by atoms with E-state index < -0.39 is 0 Å². The van der Waals surface area contributed by atoms with Crippen molar-refractivity contribution in [3.8, 4) is 0 Å². The molecule has 1 aromatic carbocycles. The van der Waals surface area contributed by atoms with Gasteiger partial charge < -0.3 is 0 Å². The minimum atomic E-state index is 0. The van der Waals surface area contributed by atoms with E-state index in [0.29, 0.717) is 0 Å². The van der Waals surface area contributed by atoms with Crippen molar-refractivity contribution in [3.63, 3.8) is 0 Å². The molecule has 1 heteroatoms. The summed E-state index contributed by atoms with van der Waals surface area (Å²) in [6, 6.07) is 8.48. The summed E-state index contributed by atoms with van der Waals surface area (Å²) in [4.78, 5) is 0. The van der Waals surface area contributed by atoms with Gasteiger partial charge in [0.15, 0.2) is 0 Å². The fraction of sp³-hybridized carbons (Fsp3) is 0.250. The molecule has 0 N–H and O–H groups in total. The summed E-state index contributed by atoms with van der Waals surface area (Å²) in [5.74, 6) is 0. The molecule has 0 heterocycles. The third-order valence-corrected chi connectivity index (χ3v) is 1.22. The average molecular weight is 138 g/mol. The van der Waals surface area contributed by atoms with Crippen LogP contribution in [0, 0.1) is 13.8 Å². The first kappa shape index (κ1) is 8.44. The van der Waals surface area contributed by atoms with Crippen LogP contribution in [0.25, 0.3) is 0 Å². The minimum Gasteiger partial charge on any atom is -0.0591 e. The second-order valence-electron chi connectivity index (χ2n) is 2.15. The van der Waals surface area contributed by atoms with Crippen LogP contribution in [-0.2, 0) is 0 Å². The van der Waals surface area contributed by atoms with E-state index in [4.69, 9.17) is 0 Å². The van der Waals surface area contributed by atoms with Crippen LogP contribution in [0.4, 0.5) is 0 Å². The summed E-state index contributed by atoms with van der Waals surface area (Å²) in [6.07, 6.45) is 0. The maximum Gasteiger partial charge on any atom is -0.0149 e. The molecule has 50 valence electrons. The van der Waals surface area contributed by atoms with Gasteiger partial charge in [-0.3, -0.25) is 0 Å². The Hall–Kier alpha value is -0.563. The monoisotopic (exact) mass is 138 g/mol. The van der Waals surface area contributed by atoms with Crippen molar-refractivity contribution in [1.82, 2.24) is 0 Å². The zero-order chi connectivity index (χ0) is 5.98. The van der Waals surface area contributed by atoms with Crippen molar-refractivity contribution < 1.29 is 0 Å². The smallest absolute Gasteiger partial charge is 0.0149 e. The lowest BCUT2D eigenvalue weighted by Crippen LogP contribution is -1.70. The third-order valence-electron chi connectivity index (χ3n) is 1.22. The van der Waals surface area contributed by atoms with Crippen LogP contribution >= 0.6 is 0 Å². The Kier molecular flexibility index (Phi) is 3.24. The summed E-state index contributed by atoms with van der Waals surface area (Å²) < 4.78 is 0. The first-order valence-electron chi connectivity index (χ1n) is 2.82. The Bertz CT molecular complexity index is 143. The van der Waals surface area contributed by atoms with E-state index in [-0.39, 0.29) is 11.0 Å². The van der Waals surface area contributed by atoms with Gasteiger partial charge in [-0.1, -0.05) is 35.4 Å². The average Bonchev–Trinajstić information content (AvgIpc) is 1.77. The zero-order valence-corrected chi connectivity index (χ0v) is 5.31. The van der Waals surface area contributed by atoms with Gasteiger partial charge in [0.25, 0.3) is 0 Å². The highest BCUT2D eigenvalue weighted by Crippen LogP contribution is 1.99. The third kappa shape index (κ3) is 2.47. The molecule has 0 aromatic heterocycles. The van der Waals surface area contributed by atoms with Gasteiger partial charge in [0.2, 0.25) is 0 Å². The van der Waals surface area contributed by atoms with Gasteiger partial charge in [-0.05, 0) is 24.8 Å². The van der Waals surface area contributed by atoms with Crippen molar-refractivity contribution in [2.24, 2.45) is 0 Å². The van der Waals surface area contributed by atoms with Crippen molar-refractivity contribution in [2.75, 3.05) is 0 Å². The van der Waals surface area contributed by atoms with Crippen molar-refractivity contribution >= 4 is 11.0 Å². The Labute approximate surface area is 60.9 Å². The van der Waals surface area contributed by atoms with E-state index in [1.54, 1.807) is 0 Å².